The van der Waals surface area contributed by atoms with Crippen molar-refractivity contribution in [3.8, 4) is 22.4 Å². The Morgan fingerprint density at radius 2 is 1.56 bits per heavy atom. The molecule has 2 aromatic heterocycles. The number of carbonyl (C=O) groups excluding carboxylic acids is 5. The summed E-state index contributed by atoms with van der Waals surface area (Å²) < 4.78 is 49.4. The van der Waals surface area contributed by atoms with Gasteiger partial charge in [0.25, 0.3) is 11.8 Å². The van der Waals surface area contributed by atoms with Gasteiger partial charge in [-0.3, -0.25) is 53.7 Å². The summed E-state index contributed by atoms with van der Waals surface area (Å²) in [6.45, 7) is 6.13. The first kappa shape index (κ1) is 46.5. The number of fused-ring (bicyclic) bond motifs is 2. The van der Waals surface area contributed by atoms with E-state index in [1.165, 1.54) is 12.1 Å². The van der Waals surface area contributed by atoms with Gasteiger partial charge in [-0.2, -0.15) is 5.10 Å². The van der Waals surface area contributed by atoms with E-state index in [2.05, 4.69) is 30.9 Å². The van der Waals surface area contributed by atoms with Crippen LogP contribution in [0.1, 0.15) is 58.0 Å². The third kappa shape index (κ3) is 10.4. The first-order valence-corrected chi connectivity index (χ1v) is 22.9. The van der Waals surface area contributed by atoms with Gasteiger partial charge in [0.1, 0.15) is 17.7 Å². The fraction of sp³-hybridized carbons (Fsp3) is 0.417. The zero-order chi connectivity index (χ0) is 47.1. The van der Waals surface area contributed by atoms with E-state index < -0.39 is 41.3 Å². The number of rotatable bonds is 18. The van der Waals surface area contributed by atoms with E-state index in [1.807, 2.05) is 21.8 Å². The molecule has 18 nitrogen and oxygen atoms in total. The number of nitrogens with zero attached hydrogens (tertiary/aromatic N) is 7. The Labute approximate surface area is 390 Å². The number of hydrogen-bond donors (Lipinski definition) is 3. The molecule has 0 aliphatic carbocycles. The van der Waals surface area contributed by atoms with E-state index in [0.717, 1.165) is 36.4 Å². The summed E-state index contributed by atoms with van der Waals surface area (Å²) in [4.78, 5) is 77.6. The minimum atomic E-state index is -1.04. The van der Waals surface area contributed by atoms with Gasteiger partial charge in [0.15, 0.2) is 0 Å². The Morgan fingerprint density at radius 3 is 2.32 bits per heavy atom. The molecule has 0 radical (unpaired) electrons. The van der Waals surface area contributed by atoms with E-state index in [1.54, 1.807) is 42.7 Å². The molecule has 4 aliphatic rings. The molecular formula is C48H52F2N10O8. The molecule has 1 unspecified atom stereocenters. The van der Waals surface area contributed by atoms with Crippen LogP contribution in [0, 0.1) is 11.6 Å². The van der Waals surface area contributed by atoms with Crippen LogP contribution in [0.5, 0.6) is 0 Å². The van der Waals surface area contributed by atoms with Gasteiger partial charge in [-0.25, -0.2) is 13.8 Å². The van der Waals surface area contributed by atoms with Crippen molar-refractivity contribution in [1.29, 1.82) is 0 Å². The average Bonchev–Trinajstić information content (AvgIpc) is 3.94. The molecule has 4 aliphatic heterocycles. The largest absolute Gasteiger partial charge is 0.382 e. The molecule has 0 spiro atoms. The third-order valence-electron chi connectivity index (χ3n) is 12.7. The zero-order valence-corrected chi connectivity index (χ0v) is 37.4. The standard InChI is InChI=1S/C48H52F2N10O8/c49-36-23-30(24-37(50)35(36)28-58-15-19-68-20-16-58)33-3-1-6-39-45(33)55-40(26-53-39)31-25-54-59(27-31)32-9-13-57(14-10-32)29-43(62)52-12-18-67-22-21-66-17-11-51-38-5-2-4-34-44(38)48(65)60(47(34)64)41-7-8-42(61)56-46(41)63/h1-6,23-27,32,41,51H,7-22,28-29H2,(H,52,62)(H,56,61,63). The summed E-state index contributed by atoms with van der Waals surface area (Å²) in [5, 5.41) is 12.9. The lowest BCUT2D eigenvalue weighted by atomic mass is 10.0. The second kappa shape index (κ2) is 21.2. The van der Waals surface area contributed by atoms with Gasteiger partial charge in [0.05, 0.1) is 92.5 Å². The Kier molecular flexibility index (Phi) is 14.5. The number of halogens is 2. The van der Waals surface area contributed by atoms with Crippen LogP contribution in [-0.4, -0.2) is 155 Å². The summed E-state index contributed by atoms with van der Waals surface area (Å²) in [6.07, 6.45) is 7.10. The predicted molar refractivity (Wildman–Crippen MR) is 243 cm³/mol. The van der Waals surface area contributed by atoms with Crippen molar-refractivity contribution in [1.82, 2.24) is 45.1 Å². The molecule has 9 rings (SSSR count). The maximum Gasteiger partial charge on any atom is 0.264 e. The monoisotopic (exact) mass is 934 g/mol. The van der Waals surface area contributed by atoms with Gasteiger partial charge in [0, 0.05) is 80.8 Å². The van der Waals surface area contributed by atoms with Crippen molar-refractivity contribution in [3.05, 3.63) is 95.4 Å². The number of aromatic nitrogens is 4. The maximum atomic E-state index is 15.4. The predicted octanol–water partition coefficient (Wildman–Crippen LogP) is 3.57. The molecular weight excluding hydrogens is 883 g/mol. The zero-order valence-electron chi connectivity index (χ0n) is 37.4. The molecule has 1 atom stereocenters. The molecule has 3 aromatic carbocycles. The smallest absolute Gasteiger partial charge is 0.264 e. The Morgan fingerprint density at radius 1 is 0.824 bits per heavy atom. The minimum absolute atomic E-state index is 0.0378. The summed E-state index contributed by atoms with van der Waals surface area (Å²) in [5.41, 5.74) is 4.33. The van der Waals surface area contributed by atoms with Crippen LogP contribution in [0.3, 0.4) is 0 Å². The highest BCUT2D eigenvalue weighted by Crippen LogP contribution is 2.34. The van der Waals surface area contributed by atoms with E-state index >= 15 is 8.78 Å². The molecule has 5 amide bonds. The van der Waals surface area contributed by atoms with Crippen molar-refractivity contribution in [2.75, 3.05) is 90.8 Å². The third-order valence-corrected chi connectivity index (χ3v) is 12.7. The molecule has 68 heavy (non-hydrogen) atoms. The van der Waals surface area contributed by atoms with Crippen LogP contribution < -0.4 is 16.0 Å². The number of ether oxygens (including phenoxy) is 3. The second-order valence-corrected chi connectivity index (χ2v) is 17.1. The van der Waals surface area contributed by atoms with Crippen molar-refractivity contribution in [3.63, 3.8) is 0 Å². The normalized spacial score (nSPS) is 18.3. The lowest BCUT2D eigenvalue weighted by molar-refractivity contribution is -0.136. The fourth-order valence-corrected chi connectivity index (χ4v) is 9.07. The Hall–Kier alpha value is -6.58. The highest BCUT2D eigenvalue weighted by molar-refractivity contribution is 6.25. The van der Waals surface area contributed by atoms with Crippen molar-refractivity contribution >= 4 is 46.3 Å². The summed E-state index contributed by atoms with van der Waals surface area (Å²) in [5.74, 6) is -3.54. The molecule has 5 aromatic rings. The highest BCUT2D eigenvalue weighted by atomic mass is 19.1. The van der Waals surface area contributed by atoms with Gasteiger partial charge in [-0.15, -0.1) is 0 Å². The molecule has 3 fully saturated rings. The molecule has 3 N–H and O–H groups in total. The summed E-state index contributed by atoms with van der Waals surface area (Å²) in [7, 11) is 0. The lowest BCUT2D eigenvalue weighted by Crippen LogP contribution is -2.54. The number of amides is 5. The van der Waals surface area contributed by atoms with E-state index in [9.17, 15) is 24.0 Å². The first-order chi connectivity index (χ1) is 33.1. The first-order valence-electron chi connectivity index (χ1n) is 22.9. The fourth-order valence-electron chi connectivity index (χ4n) is 9.07. The second-order valence-electron chi connectivity index (χ2n) is 17.1. The van der Waals surface area contributed by atoms with Crippen LogP contribution in [0.25, 0.3) is 33.4 Å². The number of likely N-dealkylation sites (tertiary alicyclic amines) is 1. The molecule has 0 bridgehead atoms. The molecule has 0 saturated carbocycles. The number of carbonyl (C=O) groups is 5. The average molecular weight is 935 g/mol. The SMILES string of the molecule is O=C(CN1CCC(n2cc(-c3cnc4cccc(-c5cc(F)c(CN6CCOCC6)c(F)c5)c4n3)cn2)CC1)NCCOCCOCCNc1cccc2c1C(=O)N(C1CCC(=O)NC1=O)C2=O. The van der Waals surface area contributed by atoms with Gasteiger partial charge < -0.3 is 24.8 Å². The Balaban J connectivity index is 0.670. The van der Waals surface area contributed by atoms with Crippen LogP contribution in [0.4, 0.5) is 14.5 Å². The van der Waals surface area contributed by atoms with Crippen LogP contribution in [-0.2, 0) is 35.1 Å². The topological polar surface area (TPSA) is 202 Å². The highest BCUT2D eigenvalue weighted by Gasteiger charge is 2.45. The molecule has 6 heterocycles. The maximum absolute atomic E-state index is 15.4. The van der Waals surface area contributed by atoms with Crippen molar-refractivity contribution < 1.29 is 47.0 Å². The van der Waals surface area contributed by atoms with Crippen LogP contribution >= 0.6 is 0 Å². The summed E-state index contributed by atoms with van der Waals surface area (Å²) in [6, 6.07) is 12.1. The van der Waals surface area contributed by atoms with E-state index in [-0.39, 0.29) is 54.6 Å². The number of nitrogens with one attached hydrogen (secondary N) is 3. The van der Waals surface area contributed by atoms with Gasteiger partial charge in [0.2, 0.25) is 17.7 Å². The van der Waals surface area contributed by atoms with Crippen molar-refractivity contribution in [2.45, 2.75) is 44.3 Å². The van der Waals surface area contributed by atoms with Crippen LogP contribution in [0.2, 0.25) is 0 Å². The molecule has 20 heteroatoms. The Bertz CT molecular complexity index is 2680. The number of morpholine rings is 1. The minimum Gasteiger partial charge on any atom is -0.382 e. The van der Waals surface area contributed by atoms with Crippen LogP contribution in [0.15, 0.2) is 67.1 Å². The number of imide groups is 2. The number of piperidine rings is 2. The number of anilines is 1. The quantitative estimate of drug-likeness (QED) is 0.0851. The number of hydrogen-bond acceptors (Lipinski definition) is 14. The van der Waals surface area contributed by atoms with Gasteiger partial charge in [-0.1, -0.05) is 18.2 Å². The van der Waals surface area contributed by atoms with Gasteiger partial charge in [-0.05, 0) is 55.2 Å². The van der Waals surface area contributed by atoms with E-state index in [4.69, 9.17) is 19.2 Å². The lowest BCUT2D eigenvalue weighted by Gasteiger charge is -2.31. The van der Waals surface area contributed by atoms with Gasteiger partial charge >= 0.3 is 0 Å². The molecule has 3 saturated heterocycles. The molecule has 356 valence electrons. The number of benzene rings is 3. The summed E-state index contributed by atoms with van der Waals surface area (Å²) >= 11 is 0. The van der Waals surface area contributed by atoms with Crippen molar-refractivity contribution in [2.24, 2.45) is 0 Å². The number of para-hydroxylation sites is 1. The van der Waals surface area contributed by atoms with E-state index in [0.29, 0.717) is 99.4 Å².